The molecule has 2 aromatic heterocycles. The number of ether oxygens (including phenoxy) is 1. The lowest BCUT2D eigenvalue weighted by Gasteiger charge is -2.30. The minimum Gasteiger partial charge on any atom is -0.378 e. The molecule has 1 saturated heterocycles. The second-order valence-electron chi connectivity index (χ2n) is 9.41. The molecule has 8 nitrogen and oxygen atoms in total. The van der Waals surface area contributed by atoms with Crippen LogP contribution in [0.3, 0.4) is 0 Å². The Morgan fingerprint density at radius 1 is 0.972 bits per heavy atom. The topological polar surface area (TPSA) is 64.6 Å². The van der Waals surface area contributed by atoms with Gasteiger partial charge in [0.15, 0.2) is 0 Å². The number of likely N-dealkylation sites (N-methyl/N-ethyl adjacent to an activating group) is 1. The largest absolute Gasteiger partial charge is 0.378 e. The minimum absolute atomic E-state index is 0.0174. The Kier molecular flexibility index (Phi) is 6.80. The molecule has 0 atom stereocenters. The van der Waals surface area contributed by atoms with E-state index in [0.29, 0.717) is 26.3 Å². The summed E-state index contributed by atoms with van der Waals surface area (Å²) in [4.78, 5) is 30.9. The molecular weight excluding hydrogens is 454 g/mol. The second-order valence-corrected chi connectivity index (χ2v) is 9.41. The Bertz CT molecular complexity index is 1480. The first-order valence-electron chi connectivity index (χ1n) is 12.5. The third kappa shape index (κ3) is 4.50. The van der Waals surface area contributed by atoms with E-state index in [9.17, 15) is 9.59 Å². The average molecular weight is 488 g/mol. The van der Waals surface area contributed by atoms with Crippen molar-refractivity contribution >= 4 is 16.6 Å². The van der Waals surface area contributed by atoms with E-state index in [-0.39, 0.29) is 11.2 Å². The molecule has 0 spiro atoms. The van der Waals surface area contributed by atoms with E-state index in [1.165, 1.54) is 0 Å². The summed E-state index contributed by atoms with van der Waals surface area (Å²) in [5, 5.41) is 0.961. The number of hydrogen-bond donors (Lipinski definition) is 0. The maximum atomic E-state index is 13.7. The zero-order valence-electron chi connectivity index (χ0n) is 21.2. The van der Waals surface area contributed by atoms with Crippen LogP contribution in [0.15, 0.2) is 70.4 Å². The maximum Gasteiger partial charge on any atom is 0.333 e. The van der Waals surface area contributed by atoms with Crippen molar-refractivity contribution in [2.24, 2.45) is 0 Å². The van der Waals surface area contributed by atoms with Crippen molar-refractivity contribution in [1.82, 2.24) is 18.6 Å². The predicted molar refractivity (Wildman–Crippen MR) is 144 cm³/mol. The molecule has 0 radical (unpaired) electrons. The Balaban J connectivity index is 1.73. The predicted octanol–water partition coefficient (Wildman–Crippen LogP) is 3.04. The average Bonchev–Trinajstić information content (AvgIpc) is 3.23. The van der Waals surface area contributed by atoms with Crippen LogP contribution in [0.1, 0.15) is 6.92 Å². The molecule has 3 heterocycles. The van der Waals surface area contributed by atoms with Crippen LogP contribution in [-0.4, -0.2) is 65.5 Å². The summed E-state index contributed by atoms with van der Waals surface area (Å²) in [5.74, 6) is 0. The van der Waals surface area contributed by atoms with Crippen LogP contribution in [0.5, 0.6) is 0 Å². The van der Waals surface area contributed by atoms with E-state index in [0.717, 1.165) is 53.2 Å². The normalized spacial score (nSPS) is 14.2. The van der Waals surface area contributed by atoms with Gasteiger partial charge >= 0.3 is 5.69 Å². The lowest BCUT2D eigenvalue weighted by Crippen LogP contribution is -2.37. The van der Waals surface area contributed by atoms with Crippen molar-refractivity contribution < 1.29 is 4.74 Å². The number of pyridine rings is 1. The van der Waals surface area contributed by atoms with Gasteiger partial charge in [-0.2, -0.15) is 0 Å². The van der Waals surface area contributed by atoms with Crippen molar-refractivity contribution in [3.05, 3.63) is 81.6 Å². The van der Waals surface area contributed by atoms with Crippen molar-refractivity contribution in [3.8, 4) is 16.9 Å². The molecule has 1 aliphatic rings. The van der Waals surface area contributed by atoms with Gasteiger partial charge in [0, 0.05) is 55.9 Å². The van der Waals surface area contributed by atoms with E-state index < -0.39 is 0 Å². The molecular formula is C28H33N5O3. The highest BCUT2D eigenvalue weighted by Crippen LogP contribution is 2.30. The van der Waals surface area contributed by atoms with E-state index >= 15 is 0 Å². The van der Waals surface area contributed by atoms with Gasteiger partial charge in [0.1, 0.15) is 0 Å². The van der Waals surface area contributed by atoms with Gasteiger partial charge in [-0.25, -0.2) is 4.79 Å². The van der Waals surface area contributed by atoms with E-state index in [1.54, 1.807) is 19.8 Å². The van der Waals surface area contributed by atoms with Gasteiger partial charge in [0.2, 0.25) is 0 Å². The number of rotatable bonds is 7. The van der Waals surface area contributed by atoms with Crippen LogP contribution in [0.25, 0.3) is 27.8 Å². The summed E-state index contributed by atoms with van der Waals surface area (Å²) in [5.41, 5.74) is 4.28. The van der Waals surface area contributed by atoms with Crippen molar-refractivity contribution in [2.75, 3.05) is 51.8 Å². The molecule has 188 valence electrons. The highest BCUT2D eigenvalue weighted by Gasteiger charge is 2.20. The van der Waals surface area contributed by atoms with Gasteiger partial charge in [-0.05, 0) is 39.2 Å². The minimum atomic E-state index is -0.0770. The number of aromatic nitrogens is 3. The SMILES string of the molecule is CCn1c(=O)cc(N2CCOCC2)c2cc(-n3c(-c4ccccc4)cn(CCN(C)C)c3=O)ccc21. The Morgan fingerprint density at radius 2 is 1.72 bits per heavy atom. The summed E-state index contributed by atoms with van der Waals surface area (Å²) >= 11 is 0. The summed E-state index contributed by atoms with van der Waals surface area (Å²) in [6.45, 7) is 6.63. The number of nitrogens with zero attached hydrogens (tertiary/aromatic N) is 5. The summed E-state index contributed by atoms with van der Waals surface area (Å²) in [6.07, 6.45) is 1.95. The van der Waals surface area contributed by atoms with Gasteiger partial charge in [-0.3, -0.25) is 13.9 Å². The van der Waals surface area contributed by atoms with Crippen LogP contribution in [0, 0.1) is 0 Å². The van der Waals surface area contributed by atoms with Crippen LogP contribution < -0.4 is 16.1 Å². The molecule has 1 fully saturated rings. The summed E-state index contributed by atoms with van der Waals surface area (Å²) in [6, 6.07) is 17.7. The standard InChI is InChI=1S/C28H33N5O3/c1-4-32-24-11-10-22(18-23(24)25(19-27(32)34)30-14-16-36-17-15-30)33-26(21-8-6-5-7-9-21)20-31(28(33)35)13-12-29(2)3/h5-11,18-20H,4,12-17H2,1-3H3. The zero-order chi connectivity index (χ0) is 25.2. The number of aryl methyl sites for hydroxylation is 1. The Hall–Kier alpha value is -3.62. The third-order valence-electron chi connectivity index (χ3n) is 6.81. The molecule has 0 unspecified atom stereocenters. The van der Waals surface area contributed by atoms with Gasteiger partial charge in [0.25, 0.3) is 5.56 Å². The van der Waals surface area contributed by atoms with Crippen LogP contribution in [0.4, 0.5) is 5.69 Å². The Morgan fingerprint density at radius 3 is 2.42 bits per heavy atom. The van der Waals surface area contributed by atoms with Crippen LogP contribution >= 0.6 is 0 Å². The fourth-order valence-electron chi connectivity index (χ4n) is 4.91. The van der Waals surface area contributed by atoms with Crippen LogP contribution in [0.2, 0.25) is 0 Å². The molecule has 0 N–H and O–H groups in total. The number of morpholine rings is 1. The number of imidazole rings is 1. The van der Waals surface area contributed by atoms with E-state index in [4.69, 9.17) is 4.74 Å². The van der Waals surface area contributed by atoms with Crippen molar-refractivity contribution in [2.45, 2.75) is 20.0 Å². The summed E-state index contributed by atoms with van der Waals surface area (Å²) in [7, 11) is 4.01. The first-order chi connectivity index (χ1) is 17.5. The lowest BCUT2D eigenvalue weighted by atomic mass is 10.1. The van der Waals surface area contributed by atoms with Crippen molar-refractivity contribution in [1.29, 1.82) is 0 Å². The van der Waals surface area contributed by atoms with Gasteiger partial charge in [-0.15, -0.1) is 0 Å². The van der Waals surface area contributed by atoms with Gasteiger partial charge in [-0.1, -0.05) is 30.3 Å². The molecule has 1 aliphatic heterocycles. The molecule has 8 heteroatoms. The number of fused-ring (bicyclic) bond motifs is 1. The smallest absolute Gasteiger partial charge is 0.333 e. The first kappa shape index (κ1) is 24.1. The molecule has 0 bridgehead atoms. The first-order valence-corrected chi connectivity index (χ1v) is 12.5. The molecule has 0 amide bonds. The second kappa shape index (κ2) is 10.2. The van der Waals surface area contributed by atoms with Gasteiger partial charge in [0.05, 0.1) is 35.8 Å². The van der Waals surface area contributed by atoms with E-state index in [2.05, 4.69) is 15.9 Å². The fraction of sp³-hybridized carbons (Fsp3) is 0.357. The molecule has 0 aliphatic carbocycles. The number of hydrogen-bond acceptors (Lipinski definition) is 5. The molecule has 36 heavy (non-hydrogen) atoms. The molecule has 2 aromatic carbocycles. The lowest BCUT2D eigenvalue weighted by molar-refractivity contribution is 0.123. The number of benzene rings is 2. The summed E-state index contributed by atoms with van der Waals surface area (Å²) < 4.78 is 10.9. The molecule has 4 aromatic rings. The zero-order valence-corrected chi connectivity index (χ0v) is 21.2. The van der Waals surface area contributed by atoms with Crippen LogP contribution in [-0.2, 0) is 17.8 Å². The highest BCUT2D eigenvalue weighted by molar-refractivity contribution is 5.93. The van der Waals surface area contributed by atoms with E-state index in [1.807, 2.05) is 69.7 Å². The number of anilines is 1. The molecule has 0 saturated carbocycles. The highest BCUT2D eigenvalue weighted by atomic mass is 16.5. The quantitative estimate of drug-likeness (QED) is 0.401. The van der Waals surface area contributed by atoms with Crippen molar-refractivity contribution in [3.63, 3.8) is 0 Å². The Labute approximate surface area is 210 Å². The fourth-order valence-corrected chi connectivity index (χ4v) is 4.91. The van der Waals surface area contributed by atoms with Gasteiger partial charge < -0.3 is 19.1 Å². The monoisotopic (exact) mass is 487 g/mol. The molecule has 5 rings (SSSR count). The third-order valence-corrected chi connectivity index (χ3v) is 6.81. The maximum absolute atomic E-state index is 13.7.